The van der Waals surface area contributed by atoms with Crippen molar-refractivity contribution in [1.82, 2.24) is 5.32 Å². The Morgan fingerprint density at radius 3 is 3.00 bits per heavy atom. The van der Waals surface area contributed by atoms with Crippen LogP contribution in [0.1, 0.15) is 24.0 Å². The molecule has 4 nitrogen and oxygen atoms in total. The van der Waals surface area contributed by atoms with E-state index in [2.05, 4.69) is 5.32 Å². The smallest absolute Gasteiger partial charge is 0.224 e. The van der Waals surface area contributed by atoms with Crippen LogP contribution < -0.4 is 10.1 Å². The number of methoxy groups -OCH3 is 1. The molecule has 0 bridgehead atoms. The highest BCUT2D eigenvalue weighted by molar-refractivity contribution is 5.78. The molecule has 4 heteroatoms. The van der Waals surface area contributed by atoms with Crippen molar-refractivity contribution >= 4 is 5.91 Å². The monoisotopic (exact) mass is 263 g/mol. The van der Waals surface area contributed by atoms with Gasteiger partial charge in [-0.15, -0.1) is 0 Å². The van der Waals surface area contributed by atoms with Crippen LogP contribution in [0.4, 0.5) is 0 Å². The van der Waals surface area contributed by atoms with Crippen molar-refractivity contribution in [3.05, 3.63) is 29.3 Å². The second-order valence-corrected chi connectivity index (χ2v) is 4.92. The summed E-state index contributed by atoms with van der Waals surface area (Å²) in [5, 5.41) is 2.93. The zero-order chi connectivity index (χ0) is 13.7. The van der Waals surface area contributed by atoms with Crippen molar-refractivity contribution in [2.24, 2.45) is 0 Å². The summed E-state index contributed by atoms with van der Waals surface area (Å²) in [6.45, 7) is 3.42. The molecular formula is C15H21NO3. The summed E-state index contributed by atoms with van der Waals surface area (Å²) in [6.07, 6.45) is 2.74. The molecular weight excluding hydrogens is 242 g/mol. The van der Waals surface area contributed by atoms with Crippen molar-refractivity contribution < 1.29 is 14.3 Å². The largest absolute Gasteiger partial charge is 0.496 e. The SMILES string of the molecule is COc1ccc(CC(=O)NC[C@H]2CCCO2)cc1C. The molecule has 1 heterocycles. The normalized spacial score (nSPS) is 18.3. The number of hydrogen-bond acceptors (Lipinski definition) is 3. The molecule has 1 amide bonds. The number of benzene rings is 1. The lowest BCUT2D eigenvalue weighted by molar-refractivity contribution is -0.120. The highest BCUT2D eigenvalue weighted by atomic mass is 16.5. The van der Waals surface area contributed by atoms with Crippen LogP contribution in [-0.4, -0.2) is 32.3 Å². The second-order valence-electron chi connectivity index (χ2n) is 4.92. The van der Waals surface area contributed by atoms with Gasteiger partial charge in [-0.05, 0) is 37.0 Å². The van der Waals surface area contributed by atoms with Crippen LogP contribution in [0.2, 0.25) is 0 Å². The Kier molecular flexibility index (Phi) is 4.80. The Morgan fingerprint density at radius 1 is 1.53 bits per heavy atom. The molecule has 104 valence electrons. The molecule has 1 aliphatic heterocycles. The fourth-order valence-corrected chi connectivity index (χ4v) is 2.33. The van der Waals surface area contributed by atoms with Crippen LogP contribution in [0.3, 0.4) is 0 Å². The number of aryl methyl sites for hydroxylation is 1. The lowest BCUT2D eigenvalue weighted by Gasteiger charge is -2.11. The Bertz CT molecular complexity index is 439. The van der Waals surface area contributed by atoms with Crippen molar-refractivity contribution in [3.63, 3.8) is 0 Å². The summed E-state index contributed by atoms with van der Waals surface area (Å²) >= 11 is 0. The molecule has 1 fully saturated rings. The Balaban J connectivity index is 1.82. The molecule has 0 aliphatic carbocycles. The number of hydrogen-bond donors (Lipinski definition) is 1. The van der Waals surface area contributed by atoms with Gasteiger partial charge in [0.25, 0.3) is 0 Å². The van der Waals surface area contributed by atoms with Gasteiger partial charge >= 0.3 is 0 Å². The van der Waals surface area contributed by atoms with E-state index in [9.17, 15) is 4.79 Å². The predicted molar refractivity (Wildman–Crippen MR) is 73.4 cm³/mol. The first-order valence-corrected chi connectivity index (χ1v) is 6.71. The lowest BCUT2D eigenvalue weighted by Crippen LogP contribution is -2.32. The van der Waals surface area contributed by atoms with Gasteiger partial charge in [-0.25, -0.2) is 0 Å². The zero-order valence-electron chi connectivity index (χ0n) is 11.6. The first kappa shape index (κ1) is 13.9. The average molecular weight is 263 g/mol. The van der Waals surface area contributed by atoms with E-state index in [1.807, 2.05) is 25.1 Å². The first-order chi connectivity index (χ1) is 9.19. The summed E-state index contributed by atoms with van der Waals surface area (Å²) in [6, 6.07) is 5.82. The Hall–Kier alpha value is -1.55. The second kappa shape index (κ2) is 6.57. The molecule has 0 spiro atoms. The molecule has 1 aromatic rings. The molecule has 0 unspecified atom stereocenters. The fourth-order valence-electron chi connectivity index (χ4n) is 2.33. The van der Waals surface area contributed by atoms with Gasteiger partial charge in [0.2, 0.25) is 5.91 Å². The molecule has 1 saturated heterocycles. The van der Waals surface area contributed by atoms with Crippen molar-refractivity contribution in [1.29, 1.82) is 0 Å². The quantitative estimate of drug-likeness (QED) is 0.882. The lowest BCUT2D eigenvalue weighted by atomic mass is 10.1. The van der Waals surface area contributed by atoms with Gasteiger partial charge in [0.15, 0.2) is 0 Å². The third kappa shape index (κ3) is 3.96. The highest BCUT2D eigenvalue weighted by Crippen LogP contribution is 2.18. The van der Waals surface area contributed by atoms with E-state index in [0.717, 1.165) is 36.3 Å². The van der Waals surface area contributed by atoms with Gasteiger partial charge in [0.05, 0.1) is 19.6 Å². The van der Waals surface area contributed by atoms with Gasteiger partial charge in [-0.3, -0.25) is 4.79 Å². The van der Waals surface area contributed by atoms with E-state index in [1.54, 1.807) is 7.11 Å². The standard InChI is InChI=1S/C15H21NO3/c1-11-8-12(5-6-14(11)18-2)9-15(17)16-10-13-4-3-7-19-13/h5-6,8,13H,3-4,7,9-10H2,1-2H3,(H,16,17)/t13-/m1/s1. The molecule has 0 saturated carbocycles. The number of ether oxygens (including phenoxy) is 2. The molecule has 1 N–H and O–H groups in total. The van der Waals surface area contributed by atoms with E-state index in [4.69, 9.17) is 9.47 Å². The van der Waals surface area contributed by atoms with Gasteiger partial charge in [-0.1, -0.05) is 12.1 Å². The van der Waals surface area contributed by atoms with Crippen molar-refractivity contribution in [2.45, 2.75) is 32.3 Å². The van der Waals surface area contributed by atoms with Gasteiger partial charge in [0, 0.05) is 13.2 Å². The third-order valence-corrected chi connectivity index (χ3v) is 3.37. The highest BCUT2D eigenvalue weighted by Gasteiger charge is 2.16. The van der Waals surface area contributed by atoms with Crippen molar-refractivity contribution in [2.75, 3.05) is 20.3 Å². The summed E-state index contributed by atoms with van der Waals surface area (Å²) in [5.74, 6) is 0.892. The van der Waals surface area contributed by atoms with E-state index in [1.165, 1.54) is 0 Å². The minimum Gasteiger partial charge on any atom is -0.496 e. The summed E-state index contributed by atoms with van der Waals surface area (Å²) in [7, 11) is 1.65. The average Bonchev–Trinajstić information content (AvgIpc) is 2.90. The van der Waals surface area contributed by atoms with Crippen molar-refractivity contribution in [3.8, 4) is 5.75 Å². The maximum atomic E-state index is 11.8. The van der Waals surface area contributed by atoms with E-state index in [-0.39, 0.29) is 12.0 Å². The molecule has 2 rings (SSSR count). The maximum Gasteiger partial charge on any atom is 0.224 e. The first-order valence-electron chi connectivity index (χ1n) is 6.71. The third-order valence-electron chi connectivity index (χ3n) is 3.37. The fraction of sp³-hybridized carbons (Fsp3) is 0.533. The topological polar surface area (TPSA) is 47.6 Å². The van der Waals surface area contributed by atoms with Gasteiger partial charge < -0.3 is 14.8 Å². The Labute approximate surface area is 114 Å². The van der Waals surface area contributed by atoms with Crippen LogP contribution in [-0.2, 0) is 16.0 Å². The van der Waals surface area contributed by atoms with Crippen LogP contribution in [0.15, 0.2) is 18.2 Å². The van der Waals surface area contributed by atoms with E-state index in [0.29, 0.717) is 13.0 Å². The summed E-state index contributed by atoms with van der Waals surface area (Å²) in [4.78, 5) is 11.8. The Morgan fingerprint density at radius 2 is 2.37 bits per heavy atom. The molecule has 1 aromatic carbocycles. The van der Waals surface area contributed by atoms with Gasteiger partial charge in [0.1, 0.15) is 5.75 Å². The van der Waals surface area contributed by atoms with Gasteiger partial charge in [-0.2, -0.15) is 0 Å². The number of amides is 1. The maximum absolute atomic E-state index is 11.8. The van der Waals surface area contributed by atoms with E-state index >= 15 is 0 Å². The number of rotatable bonds is 5. The van der Waals surface area contributed by atoms with Crippen LogP contribution in [0.25, 0.3) is 0 Å². The minimum atomic E-state index is 0.0417. The summed E-state index contributed by atoms with van der Waals surface area (Å²) in [5.41, 5.74) is 2.05. The number of carbonyl (C=O) groups is 1. The predicted octanol–water partition coefficient (Wildman–Crippen LogP) is 1.84. The molecule has 0 aromatic heterocycles. The molecule has 0 radical (unpaired) electrons. The van der Waals surface area contributed by atoms with Crippen LogP contribution in [0, 0.1) is 6.92 Å². The number of nitrogens with one attached hydrogen (secondary N) is 1. The van der Waals surface area contributed by atoms with Crippen LogP contribution in [0.5, 0.6) is 5.75 Å². The summed E-state index contributed by atoms with van der Waals surface area (Å²) < 4.78 is 10.7. The molecule has 19 heavy (non-hydrogen) atoms. The zero-order valence-corrected chi connectivity index (χ0v) is 11.6. The van der Waals surface area contributed by atoms with E-state index < -0.39 is 0 Å². The minimum absolute atomic E-state index is 0.0417. The number of carbonyl (C=O) groups excluding carboxylic acids is 1. The molecule has 1 atom stereocenters. The molecule has 1 aliphatic rings. The van der Waals surface area contributed by atoms with Crippen LogP contribution >= 0.6 is 0 Å².